The summed E-state index contributed by atoms with van der Waals surface area (Å²) in [7, 11) is 0. The number of imidazole rings is 1. The lowest BCUT2D eigenvalue weighted by Gasteiger charge is -2.20. The van der Waals surface area contributed by atoms with Gasteiger partial charge < -0.3 is 19.1 Å². The molecule has 2 N–H and O–H groups in total. The van der Waals surface area contributed by atoms with Crippen LogP contribution in [0.4, 0.5) is 10.6 Å². The van der Waals surface area contributed by atoms with Crippen LogP contribution in [-0.2, 0) is 11.3 Å². The Morgan fingerprint density at radius 3 is 3.14 bits per heavy atom. The molecule has 2 aromatic heterocycles. The van der Waals surface area contributed by atoms with Gasteiger partial charge in [-0.25, -0.2) is 9.78 Å². The van der Waals surface area contributed by atoms with Gasteiger partial charge in [0.05, 0.1) is 6.04 Å². The van der Waals surface area contributed by atoms with E-state index in [0.29, 0.717) is 18.2 Å². The predicted octanol–water partition coefficient (Wildman–Crippen LogP) is 1.85. The first-order valence-electron chi connectivity index (χ1n) is 7.31. The summed E-state index contributed by atoms with van der Waals surface area (Å²) in [6, 6.07) is 1.20. The average Bonchev–Trinajstić information content (AvgIpc) is 3.19. The monoisotopic (exact) mass is 305 g/mol. The topological polar surface area (TPSA) is 94.2 Å². The first-order chi connectivity index (χ1) is 10.7. The van der Waals surface area contributed by atoms with Gasteiger partial charge in [0.25, 0.3) is 0 Å². The highest BCUT2D eigenvalue weighted by Crippen LogP contribution is 2.28. The molecule has 0 bridgehead atoms. The maximum Gasteiger partial charge on any atom is 0.320 e. The Bertz CT molecular complexity index is 650. The third-order valence-corrected chi connectivity index (χ3v) is 3.62. The Labute approximate surface area is 127 Å². The number of hydrogen-bond donors (Lipinski definition) is 2. The van der Waals surface area contributed by atoms with Crippen LogP contribution in [0.5, 0.6) is 0 Å². The fourth-order valence-corrected chi connectivity index (χ4v) is 2.58. The number of aromatic nitrogens is 3. The number of hydrogen-bond acceptors (Lipinski definition) is 5. The first-order valence-corrected chi connectivity index (χ1v) is 7.31. The molecular weight excluding hydrogens is 286 g/mol. The van der Waals surface area contributed by atoms with Gasteiger partial charge in [-0.3, -0.25) is 5.32 Å². The van der Waals surface area contributed by atoms with E-state index < -0.39 is 0 Å². The highest BCUT2D eigenvalue weighted by atomic mass is 16.5. The zero-order chi connectivity index (χ0) is 15.5. The predicted molar refractivity (Wildman–Crippen MR) is 78.4 cm³/mol. The third-order valence-electron chi connectivity index (χ3n) is 3.62. The molecule has 0 saturated carbocycles. The van der Waals surface area contributed by atoms with Gasteiger partial charge in [-0.1, -0.05) is 5.16 Å². The second kappa shape index (κ2) is 6.18. The van der Waals surface area contributed by atoms with E-state index in [1.54, 1.807) is 19.2 Å². The highest BCUT2D eigenvalue weighted by Gasteiger charge is 2.33. The minimum atomic E-state index is -0.330. The molecule has 0 spiro atoms. The number of rotatable bonds is 4. The van der Waals surface area contributed by atoms with Crippen LogP contribution in [0.15, 0.2) is 23.0 Å². The number of ether oxygens (including phenoxy) is 1. The van der Waals surface area contributed by atoms with E-state index in [1.807, 2.05) is 17.7 Å². The number of carbonyl (C=O) groups is 1. The second-order valence-corrected chi connectivity index (χ2v) is 5.18. The van der Waals surface area contributed by atoms with Crippen LogP contribution in [0.2, 0.25) is 0 Å². The van der Waals surface area contributed by atoms with Gasteiger partial charge in [0.2, 0.25) is 0 Å². The summed E-state index contributed by atoms with van der Waals surface area (Å²) in [4.78, 5) is 16.4. The molecule has 0 unspecified atom stereocenters. The molecule has 2 amide bonds. The number of amides is 2. The Hall–Kier alpha value is -2.35. The zero-order valence-corrected chi connectivity index (χ0v) is 12.6. The molecule has 3 heterocycles. The average molecular weight is 305 g/mol. The molecule has 1 fully saturated rings. The van der Waals surface area contributed by atoms with Crippen molar-refractivity contribution in [1.29, 1.82) is 0 Å². The van der Waals surface area contributed by atoms with Crippen molar-refractivity contribution in [1.82, 2.24) is 20.0 Å². The van der Waals surface area contributed by atoms with Gasteiger partial charge in [-0.15, -0.1) is 0 Å². The Morgan fingerprint density at radius 2 is 2.41 bits per heavy atom. The number of nitrogens with zero attached hydrogens (tertiary/aromatic N) is 3. The summed E-state index contributed by atoms with van der Waals surface area (Å²) in [6.45, 7) is 5.21. The molecule has 1 aliphatic heterocycles. The summed E-state index contributed by atoms with van der Waals surface area (Å²) in [5.41, 5.74) is 0. The zero-order valence-electron chi connectivity index (χ0n) is 12.6. The molecule has 0 radical (unpaired) electrons. The Kier molecular flexibility index (Phi) is 4.10. The molecule has 1 saturated heterocycles. The summed E-state index contributed by atoms with van der Waals surface area (Å²) >= 11 is 0. The smallest absolute Gasteiger partial charge is 0.320 e. The van der Waals surface area contributed by atoms with Crippen molar-refractivity contribution < 1.29 is 14.1 Å². The van der Waals surface area contributed by atoms with Gasteiger partial charge in [0, 0.05) is 31.6 Å². The van der Waals surface area contributed by atoms with E-state index in [9.17, 15) is 4.79 Å². The van der Waals surface area contributed by atoms with Crippen LogP contribution in [0, 0.1) is 6.92 Å². The van der Waals surface area contributed by atoms with Crippen molar-refractivity contribution in [3.8, 4) is 0 Å². The lowest BCUT2D eigenvalue weighted by atomic mass is 10.1. The van der Waals surface area contributed by atoms with Gasteiger partial charge in [0.15, 0.2) is 5.82 Å². The van der Waals surface area contributed by atoms with E-state index in [2.05, 4.69) is 20.8 Å². The van der Waals surface area contributed by atoms with E-state index in [-0.39, 0.29) is 18.2 Å². The van der Waals surface area contributed by atoms with E-state index in [4.69, 9.17) is 9.26 Å². The molecular formula is C14H19N5O3. The van der Waals surface area contributed by atoms with Gasteiger partial charge in [-0.05, 0) is 20.3 Å². The molecule has 22 heavy (non-hydrogen) atoms. The number of urea groups is 1. The fraction of sp³-hybridized carbons (Fsp3) is 0.500. The maximum atomic E-state index is 12.1. The van der Waals surface area contributed by atoms with Crippen LogP contribution in [-0.4, -0.2) is 33.4 Å². The number of carbonyl (C=O) groups excluding carboxylic acids is 1. The van der Waals surface area contributed by atoms with E-state index in [0.717, 1.165) is 18.8 Å². The number of nitrogens with one attached hydrogen (secondary N) is 2. The molecule has 8 heteroatoms. The van der Waals surface area contributed by atoms with Crippen molar-refractivity contribution in [3.63, 3.8) is 0 Å². The molecule has 3 rings (SSSR count). The lowest BCUT2D eigenvalue weighted by molar-refractivity contribution is 0.0906. The van der Waals surface area contributed by atoms with Crippen LogP contribution < -0.4 is 10.6 Å². The van der Waals surface area contributed by atoms with Gasteiger partial charge >= 0.3 is 6.03 Å². The van der Waals surface area contributed by atoms with Crippen LogP contribution in [0.1, 0.15) is 31.0 Å². The van der Waals surface area contributed by atoms with Crippen LogP contribution in [0.3, 0.4) is 0 Å². The molecule has 0 aliphatic carbocycles. The minimum absolute atomic E-state index is 0.124. The molecule has 2 aromatic rings. The van der Waals surface area contributed by atoms with Crippen molar-refractivity contribution in [2.45, 2.75) is 39.0 Å². The summed E-state index contributed by atoms with van der Waals surface area (Å²) in [5, 5.41) is 9.29. The van der Waals surface area contributed by atoms with Crippen molar-refractivity contribution >= 4 is 11.8 Å². The Morgan fingerprint density at radius 1 is 1.55 bits per heavy atom. The quantitative estimate of drug-likeness (QED) is 0.899. The standard InChI is InChI=1S/C14H19N5O3/c1-3-19-6-5-15-13(19)12-10(4-7-21-12)16-14(20)17-11-8-9(2)22-18-11/h5-6,8,10,12H,3-4,7H2,1-2H3,(H2,16,17,18,20)/t10-,12-/m0/s1. The minimum Gasteiger partial charge on any atom is -0.368 e. The molecule has 0 aromatic carbocycles. The summed E-state index contributed by atoms with van der Waals surface area (Å²) in [5.74, 6) is 1.87. The number of aryl methyl sites for hydroxylation is 2. The largest absolute Gasteiger partial charge is 0.368 e. The van der Waals surface area contributed by atoms with Crippen LogP contribution in [0.25, 0.3) is 0 Å². The fourth-order valence-electron chi connectivity index (χ4n) is 2.58. The maximum absolute atomic E-state index is 12.1. The first kappa shape index (κ1) is 14.6. The van der Waals surface area contributed by atoms with Gasteiger partial charge in [0.1, 0.15) is 17.7 Å². The highest BCUT2D eigenvalue weighted by molar-refractivity contribution is 5.88. The van der Waals surface area contributed by atoms with Crippen molar-refractivity contribution in [2.24, 2.45) is 0 Å². The summed E-state index contributed by atoms with van der Waals surface area (Å²) < 4.78 is 12.7. The van der Waals surface area contributed by atoms with Crippen LogP contribution >= 0.6 is 0 Å². The van der Waals surface area contributed by atoms with E-state index in [1.165, 1.54) is 0 Å². The molecule has 8 nitrogen and oxygen atoms in total. The lowest BCUT2D eigenvalue weighted by Crippen LogP contribution is -2.40. The SMILES string of the molecule is CCn1ccnc1[C@H]1OCC[C@@H]1NC(=O)Nc1cc(C)on1. The van der Waals surface area contributed by atoms with Crippen molar-refractivity contribution in [2.75, 3.05) is 11.9 Å². The van der Waals surface area contributed by atoms with E-state index >= 15 is 0 Å². The summed E-state index contributed by atoms with van der Waals surface area (Å²) in [6.07, 6.45) is 4.16. The second-order valence-electron chi connectivity index (χ2n) is 5.18. The molecule has 118 valence electrons. The van der Waals surface area contributed by atoms with Gasteiger partial charge in [-0.2, -0.15) is 0 Å². The normalized spacial score (nSPS) is 21.0. The number of anilines is 1. The third kappa shape index (κ3) is 2.96. The Balaban J connectivity index is 1.65. The molecule has 1 aliphatic rings. The molecule has 2 atom stereocenters. The van der Waals surface area contributed by atoms with Crippen molar-refractivity contribution in [3.05, 3.63) is 30.0 Å².